The fraction of sp³-hybridized carbons (Fsp3) is 0.409. The Morgan fingerprint density at radius 1 is 1.20 bits per heavy atom. The summed E-state index contributed by atoms with van der Waals surface area (Å²) >= 11 is 0. The van der Waals surface area contributed by atoms with Crippen LogP contribution in [0.15, 0.2) is 30.3 Å². The van der Waals surface area contributed by atoms with Crippen molar-refractivity contribution in [2.24, 2.45) is 0 Å². The number of ether oxygens (including phenoxy) is 1. The van der Waals surface area contributed by atoms with Gasteiger partial charge in [0.05, 0.1) is 6.04 Å². The Morgan fingerprint density at radius 2 is 1.90 bits per heavy atom. The number of carbonyl (C=O) groups excluding carboxylic acids is 1. The van der Waals surface area contributed by atoms with E-state index in [1.165, 1.54) is 17.0 Å². The zero-order valence-electron chi connectivity index (χ0n) is 16.8. The molecule has 0 saturated carbocycles. The molecule has 2 aliphatic heterocycles. The summed E-state index contributed by atoms with van der Waals surface area (Å²) in [6.45, 7) is 3.27. The average molecular weight is 413 g/mol. The highest BCUT2D eigenvalue weighted by molar-refractivity contribution is 5.96. The molecule has 3 heterocycles. The van der Waals surface area contributed by atoms with E-state index >= 15 is 0 Å². The predicted molar refractivity (Wildman–Crippen MR) is 109 cm³/mol. The minimum atomic E-state index is -1.10. The summed E-state index contributed by atoms with van der Waals surface area (Å²) in [5.74, 6) is -0.372. The molecule has 1 saturated heterocycles. The number of benzene rings is 1. The molecule has 30 heavy (non-hydrogen) atoms. The maximum atomic E-state index is 13.3. The number of hydrogen-bond donors (Lipinski definition) is 1. The van der Waals surface area contributed by atoms with Gasteiger partial charge in [0.25, 0.3) is 5.91 Å². The van der Waals surface area contributed by atoms with Crippen LogP contribution in [-0.2, 0) is 6.42 Å². The number of carboxylic acid groups (broad SMARTS) is 1. The van der Waals surface area contributed by atoms with E-state index in [4.69, 9.17) is 4.74 Å². The summed E-state index contributed by atoms with van der Waals surface area (Å²) in [6, 6.07) is 7.33. The van der Waals surface area contributed by atoms with E-state index in [-0.39, 0.29) is 35.9 Å². The smallest absolute Gasteiger partial charge is 0.412 e. The zero-order valence-corrected chi connectivity index (χ0v) is 16.8. The number of anilines is 1. The standard InChI is InChI=1S/C22H24FN3O4/c1-14-13-30-20-18(26(14)22(28)29)12-16(11-15-5-7-17(23)8-6-15)19(24-20)21(27)25-9-3-2-4-10-25/h5-8,12,14H,2-4,9-11,13H2,1H3,(H,28,29). The summed E-state index contributed by atoms with van der Waals surface area (Å²) in [5, 5.41) is 9.67. The molecule has 7 nitrogen and oxygen atoms in total. The molecule has 0 aliphatic carbocycles. The van der Waals surface area contributed by atoms with Crippen LogP contribution in [0.25, 0.3) is 0 Å². The van der Waals surface area contributed by atoms with Gasteiger partial charge in [-0.05, 0) is 61.9 Å². The Balaban J connectivity index is 1.78. The van der Waals surface area contributed by atoms with Gasteiger partial charge in [-0.2, -0.15) is 0 Å². The molecule has 8 heteroatoms. The van der Waals surface area contributed by atoms with Crippen LogP contribution in [0.3, 0.4) is 0 Å². The molecule has 1 fully saturated rings. The second-order valence-corrected chi connectivity index (χ2v) is 7.79. The molecule has 1 atom stereocenters. The van der Waals surface area contributed by atoms with Crippen LogP contribution in [-0.4, -0.2) is 52.7 Å². The quantitative estimate of drug-likeness (QED) is 0.830. The zero-order chi connectivity index (χ0) is 21.3. The van der Waals surface area contributed by atoms with Crippen LogP contribution < -0.4 is 9.64 Å². The lowest BCUT2D eigenvalue weighted by atomic mass is 10.0. The molecule has 0 radical (unpaired) electrons. The molecule has 2 amide bonds. The number of carbonyl (C=O) groups is 2. The van der Waals surface area contributed by atoms with Gasteiger partial charge in [-0.25, -0.2) is 14.2 Å². The third kappa shape index (κ3) is 3.94. The molecule has 0 spiro atoms. The number of piperidine rings is 1. The SMILES string of the molecule is CC1COc2nc(C(=O)N3CCCCC3)c(Cc3ccc(F)cc3)cc2N1C(=O)O. The summed E-state index contributed by atoms with van der Waals surface area (Å²) in [4.78, 5) is 32.6. The Morgan fingerprint density at radius 3 is 2.57 bits per heavy atom. The highest BCUT2D eigenvalue weighted by atomic mass is 19.1. The van der Waals surface area contributed by atoms with Gasteiger partial charge in [0.15, 0.2) is 0 Å². The minimum absolute atomic E-state index is 0.152. The molecule has 1 aromatic heterocycles. The lowest BCUT2D eigenvalue weighted by molar-refractivity contribution is 0.0716. The van der Waals surface area contributed by atoms with Crippen molar-refractivity contribution < 1.29 is 23.8 Å². The number of halogens is 1. The van der Waals surface area contributed by atoms with Gasteiger partial charge in [-0.1, -0.05) is 12.1 Å². The highest BCUT2D eigenvalue weighted by Crippen LogP contribution is 2.35. The van der Waals surface area contributed by atoms with Gasteiger partial charge in [0, 0.05) is 13.1 Å². The van der Waals surface area contributed by atoms with E-state index in [2.05, 4.69) is 4.98 Å². The first-order valence-corrected chi connectivity index (χ1v) is 10.2. The van der Waals surface area contributed by atoms with E-state index in [0.29, 0.717) is 30.8 Å². The summed E-state index contributed by atoms with van der Waals surface area (Å²) in [6.07, 6.45) is 2.22. The van der Waals surface area contributed by atoms with Crippen LogP contribution in [0.5, 0.6) is 5.88 Å². The van der Waals surface area contributed by atoms with Crippen molar-refractivity contribution in [2.45, 2.75) is 38.6 Å². The maximum absolute atomic E-state index is 13.3. The lowest BCUT2D eigenvalue weighted by Crippen LogP contribution is -2.45. The van der Waals surface area contributed by atoms with E-state index in [9.17, 15) is 19.1 Å². The molecule has 1 aromatic carbocycles. The number of pyridine rings is 1. The van der Waals surface area contributed by atoms with Gasteiger partial charge >= 0.3 is 6.09 Å². The molecule has 4 rings (SSSR count). The van der Waals surface area contributed by atoms with Crippen molar-refractivity contribution in [1.29, 1.82) is 0 Å². The number of rotatable bonds is 3. The fourth-order valence-electron chi connectivity index (χ4n) is 4.00. The second-order valence-electron chi connectivity index (χ2n) is 7.79. The van der Waals surface area contributed by atoms with Gasteiger partial charge in [-0.3, -0.25) is 9.69 Å². The van der Waals surface area contributed by atoms with Crippen LogP contribution in [0.1, 0.15) is 47.8 Å². The molecule has 0 bridgehead atoms. The minimum Gasteiger partial charge on any atom is -0.474 e. The number of hydrogen-bond acceptors (Lipinski definition) is 4. The molecule has 158 valence electrons. The van der Waals surface area contributed by atoms with Gasteiger partial charge in [0.2, 0.25) is 5.88 Å². The van der Waals surface area contributed by atoms with Crippen LogP contribution >= 0.6 is 0 Å². The summed E-state index contributed by atoms with van der Waals surface area (Å²) in [5.41, 5.74) is 1.99. The number of aromatic nitrogens is 1. The first-order chi connectivity index (χ1) is 14.4. The number of nitrogens with zero attached hydrogens (tertiary/aromatic N) is 3. The largest absolute Gasteiger partial charge is 0.474 e. The third-order valence-corrected chi connectivity index (χ3v) is 5.57. The molecule has 2 aromatic rings. The van der Waals surface area contributed by atoms with E-state index in [1.54, 1.807) is 30.0 Å². The number of amides is 2. The predicted octanol–water partition coefficient (Wildman–Crippen LogP) is 3.70. The molecular formula is C22H24FN3O4. The first kappa shape index (κ1) is 20.1. The Labute approximate surface area is 174 Å². The van der Waals surface area contributed by atoms with Crippen LogP contribution in [0.4, 0.5) is 14.9 Å². The number of likely N-dealkylation sites (tertiary alicyclic amines) is 1. The third-order valence-electron chi connectivity index (χ3n) is 5.57. The first-order valence-electron chi connectivity index (χ1n) is 10.2. The van der Waals surface area contributed by atoms with E-state index in [0.717, 1.165) is 24.8 Å². The van der Waals surface area contributed by atoms with Crippen molar-refractivity contribution in [1.82, 2.24) is 9.88 Å². The Kier molecular flexibility index (Phi) is 5.57. The van der Waals surface area contributed by atoms with Crippen LogP contribution in [0.2, 0.25) is 0 Å². The topological polar surface area (TPSA) is 83.0 Å². The number of fused-ring (bicyclic) bond motifs is 1. The second kappa shape index (κ2) is 8.30. The average Bonchev–Trinajstić information content (AvgIpc) is 2.74. The Hall–Kier alpha value is -3.16. The highest BCUT2D eigenvalue weighted by Gasteiger charge is 2.33. The monoisotopic (exact) mass is 413 g/mol. The van der Waals surface area contributed by atoms with E-state index < -0.39 is 6.09 Å². The Bertz CT molecular complexity index is 958. The summed E-state index contributed by atoms with van der Waals surface area (Å²) in [7, 11) is 0. The van der Waals surface area contributed by atoms with Crippen molar-refractivity contribution in [3.05, 3.63) is 53.0 Å². The molecule has 1 unspecified atom stereocenters. The lowest BCUT2D eigenvalue weighted by Gasteiger charge is -2.33. The fourth-order valence-corrected chi connectivity index (χ4v) is 4.00. The maximum Gasteiger partial charge on any atom is 0.412 e. The van der Waals surface area contributed by atoms with Crippen molar-refractivity contribution in [2.75, 3.05) is 24.6 Å². The summed E-state index contributed by atoms with van der Waals surface area (Å²) < 4.78 is 19.0. The van der Waals surface area contributed by atoms with Crippen molar-refractivity contribution in [3.8, 4) is 5.88 Å². The molecular weight excluding hydrogens is 389 g/mol. The van der Waals surface area contributed by atoms with Crippen LogP contribution in [0, 0.1) is 5.82 Å². The molecule has 2 aliphatic rings. The van der Waals surface area contributed by atoms with Gasteiger partial charge in [0.1, 0.15) is 23.8 Å². The molecule has 1 N–H and O–H groups in total. The normalized spacial score (nSPS) is 18.5. The van der Waals surface area contributed by atoms with Gasteiger partial charge in [-0.15, -0.1) is 0 Å². The van der Waals surface area contributed by atoms with Crippen molar-refractivity contribution >= 4 is 17.7 Å². The van der Waals surface area contributed by atoms with Crippen molar-refractivity contribution in [3.63, 3.8) is 0 Å². The van der Waals surface area contributed by atoms with Gasteiger partial charge < -0.3 is 14.7 Å². The van der Waals surface area contributed by atoms with E-state index in [1.807, 2.05) is 0 Å².